The highest BCUT2D eigenvalue weighted by atomic mass is 32.1. The molecular formula is C14H16N2O2S. The number of aryl methyl sites for hydroxylation is 1. The van der Waals surface area contributed by atoms with Crippen molar-refractivity contribution in [2.24, 2.45) is 0 Å². The lowest BCUT2D eigenvalue weighted by molar-refractivity contribution is 0.0526. The lowest BCUT2D eigenvalue weighted by Gasteiger charge is -2.24. The third-order valence-electron chi connectivity index (χ3n) is 2.98. The minimum atomic E-state index is -1.09. The molecule has 1 aromatic heterocycles. The number of nitrogens with one attached hydrogen (secondary N) is 1. The third-order valence-corrected chi connectivity index (χ3v) is 3.70. The Morgan fingerprint density at radius 3 is 2.68 bits per heavy atom. The smallest absolute Gasteiger partial charge is 0.254 e. The van der Waals surface area contributed by atoms with Gasteiger partial charge in [-0.05, 0) is 30.9 Å². The molecule has 5 heteroatoms. The van der Waals surface area contributed by atoms with Crippen molar-refractivity contribution in [1.29, 1.82) is 0 Å². The summed E-state index contributed by atoms with van der Waals surface area (Å²) in [6, 6.07) is 9.28. The first-order valence-electron chi connectivity index (χ1n) is 5.98. The van der Waals surface area contributed by atoms with Crippen LogP contribution >= 0.6 is 11.5 Å². The fraction of sp³-hybridized carbons (Fsp3) is 0.286. The van der Waals surface area contributed by atoms with Gasteiger partial charge in [-0.1, -0.05) is 30.3 Å². The van der Waals surface area contributed by atoms with Gasteiger partial charge in [0.2, 0.25) is 0 Å². The van der Waals surface area contributed by atoms with Crippen LogP contribution < -0.4 is 5.32 Å². The number of rotatable bonds is 4. The predicted molar refractivity (Wildman–Crippen MR) is 75.2 cm³/mol. The molecule has 0 saturated heterocycles. The monoisotopic (exact) mass is 276 g/mol. The Labute approximate surface area is 116 Å². The van der Waals surface area contributed by atoms with Crippen LogP contribution in [-0.2, 0) is 5.60 Å². The van der Waals surface area contributed by atoms with Crippen molar-refractivity contribution in [2.75, 3.05) is 6.54 Å². The number of amides is 1. The van der Waals surface area contributed by atoms with Crippen molar-refractivity contribution in [3.63, 3.8) is 0 Å². The third kappa shape index (κ3) is 3.19. The van der Waals surface area contributed by atoms with E-state index in [-0.39, 0.29) is 12.5 Å². The van der Waals surface area contributed by atoms with E-state index in [0.29, 0.717) is 11.3 Å². The van der Waals surface area contributed by atoms with E-state index in [2.05, 4.69) is 9.69 Å². The molecule has 1 aromatic carbocycles. The molecule has 1 unspecified atom stereocenters. The van der Waals surface area contributed by atoms with Crippen molar-refractivity contribution >= 4 is 17.4 Å². The van der Waals surface area contributed by atoms with Crippen LogP contribution in [0.25, 0.3) is 0 Å². The summed E-state index contributed by atoms with van der Waals surface area (Å²) in [5.41, 5.74) is 0.958. The van der Waals surface area contributed by atoms with Crippen molar-refractivity contribution < 1.29 is 9.90 Å². The van der Waals surface area contributed by atoms with E-state index in [9.17, 15) is 9.90 Å². The van der Waals surface area contributed by atoms with Gasteiger partial charge in [-0.15, -0.1) is 0 Å². The maximum atomic E-state index is 11.9. The molecule has 0 aliphatic rings. The minimum absolute atomic E-state index is 0.158. The highest BCUT2D eigenvalue weighted by Crippen LogP contribution is 2.19. The zero-order chi connectivity index (χ0) is 13.9. The standard InChI is InChI=1S/C14H16N2O2S/c1-10-12(8-19-16-10)13(17)15-9-14(2,18)11-6-4-3-5-7-11/h3-8,18H,9H2,1-2H3,(H,15,17). The van der Waals surface area contributed by atoms with Gasteiger partial charge in [0.25, 0.3) is 5.91 Å². The van der Waals surface area contributed by atoms with Gasteiger partial charge in [0.1, 0.15) is 5.60 Å². The summed E-state index contributed by atoms with van der Waals surface area (Å²) in [6.45, 7) is 3.63. The Balaban J connectivity index is 2.03. The number of carbonyl (C=O) groups is 1. The van der Waals surface area contributed by atoms with Crippen LogP contribution in [0, 0.1) is 6.92 Å². The van der Waals surface area contributed by atoms with E-state index >= 15 is 0 Å². The van der Waals surface area contributed by atoms with E-state index in [0.717, 1.165) is 5.56 Å². The van der Waals surface area contributed by atoms with E-state index < -0.39 is 5.60 Å². The van der Waals surface area contributed by atoms with E-state index in [4.69, 9.17) is 0 Å². The zero-order valence-corrected chi connectivity index (χ0v) is 11.7. The average Bonchev–Trinajstić information content (AvgIpc) is 2.83. The zero-order valence-electron chi connectivity index (χ0n) is 10.9. The van der Waals surface area contributed by atoms with E-state index in [1.807, 2.05) is 30.3 Å². The molecule has 0 saturated carbocycles. The van der Waals surface area contributed by atoms with Gasteiger partial charge < -0.3 is 10.4 Å². The summed E-state index contributed by atoms with van der Waals surface area (Å²) in [5.74, 6) is -0.206. The summed E-state index contributed by atoms with van der Waals surface area (Å²) >= 11 is 1.25. The molecule has 19 heavy (non-hydrogen) atoms. The minimum Gasteiger partial charge on any atom is -0.384 e. The summed E-state index contributed by atoms with van der Waals surface area (Å²) in [5, 5.41) is 14.8. The van der Waals surface area contributed by atoms with E-state index in [1.54, 1.807) is 19.2 Å². The molecule has 100 valence electrons. The molecule has 1 atom stereocenters. The molecule has 0 aliphatic carbocycles. The highest BCUT2D eigenvalue weighted by molar-refractivity contribution is 7.03. The van der Waals surface area contributed by atoms with Crippen LogP contribution in [0.4, 0.5) is 0 Å². The predicted octanol–water partition coefficient (Wildman–Crippen LogP) is 2.09. The van der Waals surface area contributed by atoms with Gasteiger partial charge in [0.15, 0.2) is 0 Å². The molecule has 0 aliphatic heterocycles. The fourth-order valence-electron chi connectivity index (χ4n) is 1.76. The maximum absolute atomic E-state index is 11.9. The summed E-state index contributed by atoms with van der Waals surface area (Å²) in [4.78, 5) is 11.9. The summed E-state index contributed by atoms with van der Waals surface area (Å²) in [7, 11) is 0. The van der Waals surface area contributed by atoms with Gasteiger partial charge in [0, 0.05) is 5.38 Å². The molecule has 0 radical (unpaired) electrons. The SMILES string of the molecule is Cc1nscc1C(=O)NCC(C)(O)c1ccccc1. The number of carbonyl (C=O) groups excluding carboxylic acids is 1. The maximum Gasteiger partial charge on any atom is 0.254 e. The first-order chi connectivity index (χ1) is 9.00. The van der Waals surface area contributed by atoms with Crippen LogP contribution in [0.2, 0.25) is 0 Å². The number of aliphatic hydroxyl groups is 1. The second-order valence-corrected chi connectivity index (χ2v) is 5.27. The molecule has 0 bridgehead atoms. The Morgan fingerprint density at radius 2 is 2.11 bits per heavy atom. The van der Waals surface area contributed by atoms with Crippen LogP contribution in [-0.4, -0.2) is 21.9 Å². The number of nitrogens with zero attached hydrogens (tertiary/aromatic N) is 1. The van der Waals surface area contributed by atoms with Gasteiger partial charge in [-0.2, -0.15) is 4.37 Å². The Kier molecular flexibility index (Phi) is 3.97. The average molecular weight is 276 g/mol. The second-order valence-electron chi connectivity index (χ2n) is 4.64. The molecule has 1 amide bonds. The Hall–Kier alpha value is -1.72. The van der Waals surface area contributed by atoms with Crippen LogP contribution in [0.1, 0.15) is 28.5 Å². The lowest BCUT2D eigenvalue weighted by Crippen LogP contribution is -2.38. The largest absolute Gasteiger partial charge is 0.384 e. The Bertz CT molecular complexity index is 564. The van der Waals surface area contributed by atoms with Crippen molar-refractivity contribution in [3.05, 3.63) is 52.5 Å². The topological polar surface area (TPSA) is 62.2 Å². The van der Waals surface area contributed by atoms with Gasteiger partial charge in [-0.3, -0.25) is 4.79 Å². The quantitative estimate of drug-likeness (QED) is 0.899. The number of aromatic nitrogens is 1. The molecule has 2 aromatic rings. The van der Waals surface area contributed by atoms with Crippen LogP contribution in [0.15, 0.2) is 35.7 Å². The summed E-state index contributed by atoms with van der Waals surface area (Å²) in [6.07, 6.45) is 0. The normalized spacial score (nSPS) is 13.8. The molecular weight excluding hydrogens is 260 g/mol. The molecule has 2 rings (SSSR count). The lowest BCUT2D eigenvalue weighted by atomic mass is 9.96. The van der Waals surface area contributed by atoms with E-state index in [1.165, 1.54) is 11.5 Å². The number of hydrogen-bond donors (Lipinski definition) is 2. The molecule has 0 fully saturated rings. The van der Waals surface area contributed by atoms with Crippen LogP contribution in [0.5, 0.6) is 0 Å². The second kappa shape index (κ2) is 5.50. The summed E-state index contributed by atoms with van der Waals surface area (Å²) < 4.78 is 4.06. The fourth-order valence-corrected chi connectivity index (χ4v) is 2.45. The van der Waals surface area contributed by atoms with Crippen molar-refractivity contribution in [3.8, 4) is 0 Å². The molecule has 1 heterocycles. The first-order valence-corrected chi connectivity index (χ1v) is 6.81. The molecule has 4 nitrogen and oxygen atoms in total. The highest BCUT2D eigenvalue weighted by Gasteiger charge is 2.24. The van der Waals surface area contributed by atoms with Crippen molar-refractivity contribution in [1.82, 2.24) is 9.69 Å². The van der Waals surface area contributed by atoms with Gasteiger partial charge in [-0.25, -0.2) is 0 Å². The van der Waals surface area contributed by atoms with Crippen LogP contribution in [0.3, 0.4) is 0 Å². The van der Waals surface area contributed by atoms with Crippen molar-refractivity contribution in [2.45, 2.75) is 19.4 Å². The Morgan fingerprint density at radius 1 is 1.42 bits per heavy atom. The molecule has 0 spiro atoms. The first kappa shape index (κ1) is 13.7. The molecule has 2 N–H and O–H groups in total. The van der Waals surface area contributed by atoms with Gasteiger partial charge >= 0.3 is 0 Å². The van der Waals surface area contributed by atoms with Gasteiger partial charge in [0.05, 0.1) is 17.8 Å². The number of hydrogen-bond acceptors (Lipinski definition) is 4. The number of benzene rings is 1.